The second kappa shape index (κ2) is 10.5. The summed E-state index contributed by atoms with van der Waals surface area (Å²) in [5, 5.41) is 3.17. The zero-order chi connectivity index (χ0) is 22.3. The monoisotopic (exact) mass is 452 g/mol. The number of hydrogen-bond acceptors (Lipinski definition) is 5. The highest BCUT2D eigenvalue weighted by atomic mass is 32.1. The van der Waals surface area contributed by atoms with E-state index in [2.05, 4.69) is 14.1 Å². The molecule has 0 aliphatic heterocycles. The van der Waals surface area contributed by atoms with Gasteiger partial charge in [-0.05, 0) is 36.1 Å². The third kappa shape index (κ3) is 5.37. The van der Waals surface area contributed by atoms with E-state index in [1.165, 1.54) is 29.7 Å². The fraction of sp³-hybridized carbons (Fsp3) is 0.333. The quantitative estimate of drug-likeness (QED) is 0.572. The molecule has 0 bridgehead atoms. The molecule has 0 unspecified atom stereocenters. The molecule has 3 aromatic rings. The van der Waals surface area contributed by atoms with Crippen molar-refractivity contribution in [2.24, 2.45) is 0 Å². The van der Waals surface area contributed by atoms with Crippen LogP contribution in [0.5, 0.6) is 0 Å². The van der Waals surface area contributed by atoms with Gasteiger partial charge < -0.3 is 10.2 Å². The lowest BCUT2D eigenvalue weighted by Gasteiger charge is -2.33. The van der Waals surface area contributed by atoms with Gasteiger partial charge in [0.15, 0.2) is 5.69 Å². The average molecular weight is 453 g/mol. The summed E-state index contributed by atoms with van der Waals surface area (Å²) in [4.78, 5) is 28.5. The van der Waals surface area contributed by atoms with Crippen LogP contribution in [-0.4, -0.2) is 31.5 Å². The summed E-state index contributed by atoms with van der Waals surface area (Å²) >= 11 is 0.940. The van der Waals surface area contributed by atoms with Crippen molar-refractivity contribution in [3.05, 3.63) is 83.4 Å². The van der Waals surface area contributed by atoms with Gasteiger partial charge in [-0.2, -0.15) is 8.75 Å². The van der Waals surface area contributed by atoms with Crippen molar-refractivity contribution in [2.75, 3.05) is 0 Å². The molecular formula is C24H25FN4O2S. The van der Waals surface area contributed by atoms with Crippen LogP contribution in [0.3, 0.4) is 0 Å². The van der Waals surface area contributed by atoms with E-state index in [-0.39, 0.29) is 30.0 Å². The lowest BCUT2D eigenvalue weighted by atomic mass is 9.94. The molecule has 1 fully saturated rings. The van der Waals surface area contributed by atoms with Crippen LogP contribution < -0.4 is 5.32 Å². The number of aromatic nitrogens is 2. The fourth-order valence-electron chi connectivity index (χ4n) is 4.11. The molecule has 1 N–H and O–H groups in total. The van der Waals surface area contributed by atoms with Gasteiger partial charge in [-0.1, -0.05) is 61.7 Å². The number of nitrogens with one attached hydrogen (secondary N) is 1. The first kappa shape index (κ1) is 22.1. The van der Waals surface area contributed by atoms with Gasteiger partial charge in [0.25, 0.3) is 5.91 Å². The molecule has 1 atom stereocenters. The van der Waals surface area contributed by atoms with E-state index in [0.717, 1.165) is 37.4 Å². The minimum absolute atomic E-state index is 0.103. The van der Waals surface area contributed by atoms with Crippen molar-refractivity contribution >= 4 is 23.5 Å². The maximum Gasteiger partial charge on any atom is 0.276 e. The van der Waals surface area contributed by atoms with Gasteiger partial charge in [-0.15, -0.1) is 0 Å². The Labute approximate surface area is 190 Å². The smallest absolute Gasteiger partial charge is 0.276 e. The van der Waals surface area contributed by atoms with Crippen molar-refractivity contribution in [3.8, 4) is 0 Å². The molecule has 0 saturated heterocycles. The summed E-state index contributed by atoms with van der Waals surface area (Å²) in [6.45, 7) is 0.133. The average Bonchev–Trinajstić information content (AvgIpc) is 3.36. The first-order chi connectivity index (χ1) is 15.6. The van der Waals surface area contributed by atoms with Crippen LogP contribution in [0.2, 0.25) is 0 Å². The zero-order valence-corrected chi connectivity index (χ0v) is 18.4. The minimum atomic E-state index is -0.850. The molecule has 166 valence electrons. The van der Waals surface area contributed by atoms with Crippen LogP contribution >= 0.6 is 11.7 Å². The third-order valence-electron chi connectivity index (χ3n) is 5.73. The Kier molecular flexibility index (Phi) is 7.21. The summed E-state index contributed by atoms with van der Waals surface area (Å²) < 4.78 is 21.5. The van der Waals surface area contributed by atoms with E-state index >= 15 is 0 Å². The normalized spacial score (nSPS) is 15.2. The largest absolute Gasteiger partial charge is 0.351 e. The highest BCUT2D eigenvalue weighted by Crippen LogP contribution is 2.27. The number of halogens is 1. The van der Waals surface area contributed by atoms with Crippen LogP contribution in [0.4, 0.5) is 4.39 Å². The van der Waals surface area contributed by atoms with Gasteiger partial charge in [0.1, 0.15) is 11.9 Å². The Balaban J connectivity index is 1.70. The number of rotatable bonds is 7. The molecular weight excluding hydrogens is 427 g/mol. The number of hydrogen-bond donors (Lipinski definition) is 1. The summed E-state index contributed by atoms with van der Waals surface area (Å²) in [6, 6.07) is 14.4. The van der Waals surface area contributed by atoms with Crippen molar-refractivity contribution in [1.82, 2.24) is 19.0 Å². The van der Waals surface area contributed by atoms with Crippen molar-refractivity contribution in [3.63, 3.8) is 0 Å². The number of benzene rings is 2. The summed E-state index contributed by atoms with van der Waals surface area (Å²) in [5.74, 6) is -0.970. The van der Waals surface area contributed by atoms with Crippen LogP contribution in [-0.2, 0) is 11.3 Å². The molecule has 4 rings (SSSR count). The predicted octanol–water partition coefficient (Wildman–Crippen LogP) is 4.51. The molecule has 0 spiro atoms. The number of nitrogens with zero attached hydrogens (tertiary/aromatic N) is 3. The van der Waals surface area contributed by atoms with E-state index in [4.69, 9.17) is 0 Å². The topological polar surface area (TPSA) is 75.2 Å². The lowest BCUT2D eigenvalue weighted by molar-refractivity contribution is -0.127. The highest BCUT2D eigenvalue weighted by molar-refractivity contribution is 6.99. The second-order valence-electron chi connectivity index (χ2n) is 8.01. The SMILES string of the molecule is O=C(NC1CCCCC1)[C@H](c1ccccc1)N(Cc1ccc(F)cc1)C(=O)c1cnsn1. The molecule has 1 aliphatic carbocycles. The molecule has 6 nitrogen and oxygen atoms in total. The Bertz CT molecular complexity index is 1020. The molecule has 0 radical (unpaired) electrons. The van der Waals surface area contributed by atoms with Crippen molar-refractivity contribution in [1.29, 1.82) is 0 Å². The molecule has 1 heterocycles. The maximum atomic E-state index is 13.6. The van der Waals surface area contributed by atoms with Gasteiger partial charge in [0.05, 0.1) is 17.9 Å². The van der Waals surface area contributed by atoms with Crippen LogP contribution in [0.25, 0.3) is 0 Å². The zero-order valence-electron chi connectivity index (χ0n) is 17.6. The molecule has 2 aromatic carbocycles. The summed E-state index contributed by atoms with van der Waals surface area (Å²) in [6.07, 6.45) is 6.64. The first-order valence-electron chi connectivity index (χ1n) is 10.8. The third-order valence-corrected chi connectivity index (χ3v) is 6.21. The van der Waals surface area contributed by atoms with Gasteiger partial charge in [0, 0.05) is 12.6 Å². The number of carbonyl (C=O) groups is 2. The van der Waals surface area contributed by atoms with Gasteiger partial charge in [-0.3, -0.25) is 9.59 Å². The van der Waals surface area contributed by atoms with Crippen molar-refractivity contribution < 1.29 is 14.0 Å². The number of carbonyl (C=O) groups excluding carboxylic acids is 2. The van der Waals surface area contributed by atoms with Gasteiger partial charge in [0.2, 0.25) is 5.91 Å². The fourth-order valence-corrected chi connectivity index (χ4v) is 4.52. The van der Waals surface area contributed by atoms with E-state index in [0.29, 0.717) is 11.1 Å². The Morgan fingerprint density at radius 2 is 1.78 bits per heavy atom. The predicted molar refractivity (Wildman–Crippen MR) is 120 cm³/mol. The molecule has 8 heteroatoms. The lowest BCUT2D eigenvalue weighted by Crippen LogP contribution is -2.47. The van der Waals surface area contributed by atoms with E-state index in [1.807, 2.05) is 30.3 Å². The van der Waals surface area contributed by atoms with Crippen molar-refractivity contribution in [2.45, 2.75) is 50.7 Å². The molecule has 32 heavy (non-hydrogen) atoms. The molecule has 2 amide bonds. The van der Waals surface area contributed by atoms with E-state index in [1.54, 1.807) is 12.1 Å². The van der Waals surface area contributed by atoms with E-state index in [9.17, 15) is 14.0 Å². The highest BCUT2D eigenvalue weighted by Gasteiger charge is 2.34. The first-order valence-corrected chi connectivity index (χ1v) is 11.5. The number of amides is 2. The Hall–Kier alpha value is -3.13. The summed E-state index contributed by atoms with van der Waals surface area (Å²) in [5.41, 5.74) is 1.61. The Morgan fingerprint density at radius 1 is 1.06 bits per heavy atom. The molecule has 1 saturated carbocycles. The van der Waals surface area contributed by atoms with Crippen LogP contribution in [0.1, 0.15) is 59.8 Å². The molecule has 1 aliphatic rings. The second-order valence-corrected chi connectivity index (χ2v) is 8.57. The van der Waals surface area contributed by atoms with Crippen LogP contribution in [0, 0.1) is 5.82 Å². The van der Waals surface area contributed by atoms with Crippen LogP contribution in [0.15, 0.2) is 60.8 Å². The van der Waals surface area contributed by atoms with Gasteiger partial charge in [-0.25, -0.2) is 4.39 Å². The van der Waals surface area contributed by atoms with Gasteiger partial charge >= 0.3 is 0 Å². The summed E-state index contributed by atoms with van der Waals surface area (Å²) in [7, 11) is 0. The maximum absolute atomic E-state index is 13.6. The standard InChI is InChI=1S/C24H25FN4O2S/c25-19-13-11-17(12-14-19)16-29(24(31)21-15-26-32-28-21)22(18-7-3-1-4-8-18)23(30)27-20-9-5-2-6-10-20/h1,3-4,7-8,11-15,20,22H,2,5-6,9-10,16H2,(H,27,30)/t22-/m0/s1. The Morgan fingerprint density at radius 3 is 2.44 bits per heavy atom. The molecule has 1 aromatic heterocycles. The van der Waals surface area contributed by atoms with E-state index < -0.39 is 11.9 Å². The minimum Gasteiger partial charge on any atom is -0.351 e.